The molecule has 1 N–H and O–H groups in total. The van der Waals surface area contributed by atoms with Crippen LogP contribution in [0.4, 0.5) is 10.1 Å². The largest absolute Gasteiger partial charge is 0.452 e. The summed E-state index contributed by atoms with van der Waals surface area (Å²) in [5, 5.41) is 2.44. The number of halogens is 2. The first kappa shape index (κ1) is 22.2. The van der Waals surface area contributed by atoms with Crippen LogP contribution in [0.5, 0.6) is 0 Å². The Bertz CT molecular complexity index is 1240. The molecule has 3 aromatic rings. The van der Waals surface area contributed by atoms with E-state index in [0.29, 0.717) is 16.7 Å². The first-order chi connectivity index (χ1) is 15.8. The lowest BCUT2D eigenvalue weighted by molar-refractivity contribution is -0.119. The number of esters is 1. The summed E-state index contributed by atoms with van der Waals surface area (Å²) in [6.45, 7) is -0.508. The summed E-state index contributed by atoms with van der Waals surface area (Å²) in [5.74, 6) is -2.66. The molecule has 0 saturated heterocycles. The zero-order valence-electron chi connectivity index (χ0n) is 17.0. The van der Waals surface area contributed by atoms with Crippen LogP contribution in [0.3, 0.4) is 0 Å². The van der Waals surface area contributed by atoms with E-state index in [-0.39, 0.29) is 34.6 Å². The van der Waals surface area contributed by atoms with Crippen molar-refractivity contribution < 1.29 is 28.3 Å². The maximum Gasteiger partial charge on any atom is 0.338 e. The van der Waals surface area contributed by atoms with Crippen molar-refractivity contribution in [1.82, 2.24) is 4.90 Å². The highest BCUT2D eigenvalue weighted by molar-refractivity contribution is 6.33. The van der Waals surface area contributed by atoms with E-state index in [1.807, 2.05) is 0 Å². The van der Waals surface area contributed by atoms with Gasteiger partial charge >= 0.3 is 5.97 Å². The van der Waals surface area contributed by atoms with Crippen LogP contribution in [0.2, 0.25) is 5.02 Å². The number of fused-ring (bicyclic) bond motifs is 1. The Labute approximate surface area is 192 Å². The number of amides is 3. The highest BCUT2D eigenvalue weighted by atomic mass is 35.5. The van der Waals surface area contributed by atoms with Gasteiger partial charge in [0, 0.05) is 0 Å². The topological polar surface area (TPSA) is 92.8 Å². The molecule has 4 rings (SSSR count). The van der Waals surface area contributed by atoms with Crippen molar-refractivity contribution in [3.05, 3.63) is 99.8 Å². The first-order valence-electron chi connectivity index (χ1n) is 9.79. The summed E-state index contributed by atoms with van der Waals surface area (Å²) < 4.78 is 18.1. The molecule has 7 nitrogen and oxygen atoms in total. The smallest absolute Gasteiger partial charge is 0.338 e. The van der Waals surface area contributed by atoms with E-state index in [1.54, 1.807) is 36.4 Å². The van der Waals surface area contributed by atoms with Gasteiger partial charge in [0.05, 0.1) is 33.9 Å². The Morgan fingerprint density at radius 3 is 2.18 bits per heavy atom. The van der Waals surface area contributed by atoms with Crippen LogP contribution in [-0.4, -0.2) is 35.2 Å². The number of benzene rings is 3. The molecule has 9 heteroatoms. The quantitative estimate of drug-likeness (QED) is 0.436. The van der Waals surface area contributed by atoms with Crippen LogP contribution in [0.25, 0.3) is 0 Å². The second kappa shape index (κ2) is 9.22. The number of nitrogens with one attached hydrogen (secondary N) is 1. The highest BCUT2D eigenvalue weighted by Gasteiger charge is 2.34. The minimum Gasteiger partial charge on any atom is -0.452 e. The third-order valence-electron chi connectivity index (χ3n) is 4.95. The minimum atomic E-state index is -0.734. The fourth-order valence-electron chi connectivity index (χ4n) is 3.30. The van der Waals surface area contributed by atoms with Crippen molar-refractivity contribution in [2.24, 2.45) is 0 Å². The van der Waals surface area contributed by atoms with Crippen LogP contribution in [0.15, 0.2) is 66.7 Å². The highest BCUT2D eigenvalue weighted by Crippen LogP contribution is 2.24. The van der Waals surface area contributed by atoms with Gasteiger partial charge in [-0.2, -0.15) is 0 Å². The molecular formula is C24H16ClFN2O5. The normalized spacial score (nSPS) is 12.5. The van der Waals surface area contributed by atoms with Crippen LogP contribution in [-0.2, 0) is 16.1 Å². The van der Waals surface area contributed by atoms with Crippen molar-refractivity contribution in [3.8, 4) is 0 Å². The summed E-state index contributed by atoms with van der Waals surface area (Å²) in [6, 6.07) is 16.2. The average molecular weight is 467 g/mol. The number of imide groups is 1. The Morgan fingerprint density at radius 1 is 0.939 bits per heavy atom. The number of nitrogens with zero attached hydrogens (tertiary/aromatic N) is 1. The van der Waals surface area contributed by atoms with Gasteiger partial charge in [0.25, 0.3) is 17.7 Å². The lowest BCUT2D eigenvalue weighted by Gasteiger charge is -2.14. The second-order valence-electron chi connectivity index (χ2n) is 7.19. The van der Waals surface area contributed by atoms with Crippen molar-refractivity contribution in [3.63, 3.8) is 0 Å². The van der Waals surface area contributed by atoms with Crippen LogP contribution in [0, 0.1) is 5.82 Å². The van der Waals surface area contributed by atoms with Gasteiger partial charge in [-0.3, -0.25) is 19.3 Å². The zero-order chi connectivity index (χ0) is 23.5. The summed E-state index contributed by atoms with van der Waals surface area (Å²) in [7, 11) is 0. The van der Waals surface area contributed by atoms with Gasteiger partial charge in [-0.15, -0.1) is 0 Å². The molecule has 0 radical (unpaired) electrons. The summed E-state index contributed by atoms with van der Waals surface area (Å²) in [6.07, 6.45) is 0. The number of carbonyl (C=O) groups is 4. The number of hydrogen-bond acceptors (Lipinski definition) is 5. The van der Waals surface area contributed by atoms with Crippen molar-refractivity contribution in [2.75, 3.05) is 11.9 Å². The standard InChI is InChI=1S/C24H16ClFN2O5/c25-19-11-16(26)9-10-20(19)27-21(29)13-33-24(32)15-7-5-14(6-8-15)12-28-22(30)17-3-1-2-4-18(17)23(28)31/h1-11H,12-13H2,(H,27,29). The molecule has 0 aliphatic carbocycles. The molecule has 1 aliphatic rings. The molecule has 0 spiro atoms. The Morgan fingerprint density at radius 2 is 1.58 bits per heavy atom. The van der Waals surface area contributed by atoms with E-state index in [4.69, 9.17) is 16.3 Å². The SMILES string of the molecule is O=C(COC(=O)c1ccc(CN2C(=O)c3ccccc3C2=O)cc1)Nc1ccc(F)cc1Cl. The van der Waals surface area contributed by atoms with Gasteiger partial charge in [0.1, 0.15) is 5.82 Å². The second-order valence-corrected chi connectivity index (χ2v) is 7.59. The van der Waals surface area contributed by atoms with Crippen LogP contribution < -0.4 is 5.32 Å². The van der Waals surface area contributed by atoms with E-state index in [2.05, 4.69) is 5.32 Å². The van der Waals surface area contributed by atoms with Gasteiger partial charge in [-0.25, -0.2) is 9.18 Å². The molecule has 0 unspecified atom stereocenters. The molecule has 166 valence electrons. The van der Waals surface area contributed by atoms with Gasteiger partial charge in [-0.05, 0) is 48.0 Å². The predicted molar refractivity (Wildman–Crippen MR) is 117 cm³/mol. The van der Waals surface area contributed by atoms with E-state index in [1.165, 1.54) is 18.2 Å². The van der Waals surface area contributed by atoms with E-state index >= 15 is 0 Å². The molecule has 1 aliphatic heterocycles. The number of rotatable bonds is 6. The number of anilines is 1. The number of carbonyl (C=O) groups excluding carboxylic acids is 4. The summed E-state index contributed by atoms with van der Waals surface area (Å²) in [4.78, 5) is 50.3. The average Bonchev–Trinajstić information content (AvgIpc) is 3.05. The lowest BCUT2D eigenvalue weighted by atomic mass is 10.1. The molecule has 0 bridgehead atoms. The maximum absolute atomic E-state index is 13.1. The minimum absolute atomic E-state index is 0.0170. The molecule has 0 fully saturated rings. The van der Waals surface area contributed by atoms with Crippen molar-refractivity contribution in [1.29, 1.82) is 0 Å². The van der Waals surface area contributed by atoms with E-state index < -0.39 is 24.3 Å². The maximum atomic E-state index is 13.1. The van der Waals surface area contributed by atoms with Gasteiger partial charge in [0.2, 0.25) is 0 Å². The van der Waals surface area contributed by atoms with Crippen LogP contribution >= 0.6 is 11.6 Å². The van der Waals surface area contributed by atoms with E-state index in [9.17, 15) is 23.6 Å². The molecule has 0 aromatic heterocycles. The first-order valence-corrected chi connectivity index (χ1v) is 10.2. The molecule has 1 heterocycles. The van der Waals surface area contributed by atoms with Crippen molar-refractivity contribution >= 4 is 41.0 Å². The number of ether oxygens (including phenoxy) is 1. The Kier molecular flexibility index (Phi) is 6.19. The van der Waals surface area contributed by atoms with E-state index in [0.717, 1.165) is 17.0 Å². The molecular weight excluding hydrogens is 451 g/mol. The monoisotopic (exact) mass is 466 g/mol. The van der Waals surface area contributed by atoms with Gasteiger partial charge < -0.3 is 10.1 Å². The Hall–Kier alpha value is -4.04. The fraction of sp³-hybridized carbons (Fsp3) is 0.0833. The molecule has 3 aromatic carbocycles. The van der Waals surface area contributed by atoms with Gasteiger partial charge in [-0.1, -0.05) is 35.9 Å². The summed E-state index contributed by atoms with van der Waals surface area (Å²) in [5.41, 5.74) is 1.75. The third kappa shape index (κ3) is 4.75. The zero-order valence-corrected chi connectivity index (χ0v) is 17.8. The lowest BCUT2D eigenvalue weighted by Crippen LogP contribution is -2.29. The molecule has 3 amide bonds. The number of hydrogen-bond donors (Lipinski definition) is 1. The summed E-state index contributed by atoms with van der Waals surface area (Å²) >= 11 is 5.84. The predicted octanol–water partition coefficient (Wildman–Crippen LogP) is 4.07. The van der Waals surface area contributed by atoms with Crippen LogP contribution in [0.1, 0.15) is 36.6 Å². The van der Waals surface area contributed by atoms with Crippen molar-refractivity contribution in [2.45, 2.75) is 6.54 Å². The molecule has 0 saturated carbocycles. The third-order valence-corrected chi connectivity index (χ3v) is 5.26. The Balaban J connectivity index is 1.33. The molecule has 33 heavy (non-hydrogen) atoms. The molecule has 0 atom stereocenters. The van der Waals surface area contributed by atoms with Gasteiger partial charge in [0.15, 0.2) is 6.61 Å². The fourth-order valence-corrected chi connectivity index (χ4v) is 3.52.